The van der Waals surface area contributed by atoms with Gasteiger partial charge in [-0.2, -0.15) is 13.9 Å². The molecule has 2 aliphatic rings. The Labute approximate surface area is 178 Å². The van der Waals surface area contributed by atoms with Crippen LogP contribution in [0, 0.1) is 0 Å². The molecule has 2 aliphatic heterocycles. The number of alkyl halides is 4. The number of fused-ring (bicyclic) bond motifs is 1. The van der Waals surface area contributed by atoms with E-state index in [9.17, 15) is 31.9 Å². The molecule has 1 atom stereocenters. The van der Waals surface area contributed by atoms with Crippen LogP contribution in [0.1, 0.15) is 24.3 Å². The minimum atomic E-state index is -4.38. The summed E-state index contributed by atoms with van der Waals surface area (Å²) < 4.78 is 58.5. The lowest BCUT2D eigenvalue weighted by Gasteiger charge is -2.40. The smallest absolute Gasteiger partial charge is 0.402 e. The zero-order valence-corrected chi connectivity index (χ0v) is 16.8. The standard InChI is InChI=1S/C19H19F4N5O4/c1-26-13-8-10(12-4-6-27(9-18(12,20)21)19(22,23)16(30)31)2-3-11(13)15(25-26)28-7-5-14(29)24-17(28)32/h2-3,8,12H,4-7,9H2,1H3,(H,30,31)(H,24,29,32). The van der Waals surface area contributed by atoms with Gasteiger partial charge in [-0.05, 0) is 24.1 Å². The number of piperidine rings is 1. The van der Waals surface area contributed by atoms with E-state index < -0.39 is 48.9 Å². The van der Waals surface area contributed by atoms with Crippen molar-refractivity contribution in [2.45, 2.75) is 30.7 Å². The predicted molar refractivity (Wildman–Crippen MR) is 103 cm³/mol. The second-order valence-corrected chi connectivity index (χ2v) is 7.85. The van der Waals surface area contributed by atoms with Crippen LogP contribution in [0.3, 0.4) is 0 Å². The second kappa shape index (κ2) is 7.43. The number of aromatic nitrogens is 2. The lowest BCUT2D eigenvalue weighted by Crippen LogP contribution is -2.57. The van der Waals surface area contributed by atoms with Gasteiger partial charge in [-0.3, -0.25) is 19.7 Å². The summed E-state index contributed by atoms with van der Waals surface area (Å²) >= 11 is 0. The van der Waals surface area contributed by atoms with Gasteiger partial charge in [-0.1, -0.05) is 6.07 Å². The maximum atomic E-state index is 14.8. The Morgan fingerprint density at radius 3 is 2.62 bits per heavy atom. The third-order valence-corrected chi connectivity index (χ3v) is 5.82. The Morgan fingerprint density at radius 1 is 1.28 bits per heavy atom. The van der Waals surface area contributed by atoms with Crippen LogP contribution in [-0.4, -0.2) is 69.3 Å². The number of aryl methyl sites for hydroxylation is 1. The third-order valence-electron chi connectivity index (χ3n) is 5.82. The van der Waals surface area contributed by atoms with Crippen LogP contribution in [0.2, 0.25) is 0 Å². The summed E-state index contributed by atoms with van der Waals surface area (Å²) in [6.45, 7) is -1.79. The molecular weight excluding hydrogens is 438 g/mol. The van der Waals surface area contributed by atoms with E-state index in [4.69, 9.17) is 5.11 Å². The van der Waals surface area contributed by atoms with Gasteiger partial charge in [0.2, 0.25) is 5.91 Å². The normalized spacial score (nSPS) is 22.3. The number of benzene rings is 1. The Bertz CT molecular complexity index is 1120. The van der Waals surface area contributed by atoms with Crippen molar-refractivity contribution in [1.82, 2.24) is 20.0 Å². The molecule has 2 N–H and O–H groups in total. The number of amides is 3. The van der Waals surface area contributed by atoms with Crippen LogP contribution in [-0.2, 0) is 16.6 Å². The number of carbonyl (C=O) groups excluding carboxylic acids is 2. The average molecular weight is 457 g/mol. The minimum Gasteiger partial charge on any atom is -0.476 e. The first-order valence-electron chi connectivity index (χ1n) is 9.74. The highest BCUT2D eigenvalue weighted by molar-refractivity contribution is 6.08. The van der Waals surface area contributed by atoms with Gasteiger partial charge in [0.25, 0.3) is 5.92 Å². The number of rotatable bonds is 4. The highest BCUT2D eigenvalue weighted by atomic mass is 19.3. The van der Waals surface area contributed by atoms with E-state index in [1.54, 1.807) is 7.05 Å². The van der Waals surface area contributed by atoms with Crippen LogP contribution in [0.25, 0.3) is 10.9 Å². The fourth-order valence-corrected chi connectivity index (χ4v) is 4.16. The maximum Gasteiger partial charge on any atom is 0.402 e. The second-order valence-electron chi connectivity index (χ2n) is 7.85. The largest absolute Gasteiger partial charge is 0.476 e. The van der Waals surface area contributed by atoms with Crippen LogP contribution in [0.4, 0.5) is 28.2 Å². The molecule has 2 aromatic rings. The summed E-state index contributed by atoms with van der Waals surface area (Å²) in [4.78, 5) is 35.5. The number of carbonyl (C=O) groups is 3. The van der Waals surface area contributed by atoms with Crippen molar-refractivity contribution in [2.24, 2.45) is 7.05 Å². The van der Waals surface area contributed by atoms with E-state index in [-0.39, 0.29) is 35.7 Å². The summed E-state index contributed by atoms with van der Waals surface area (Å²) in [7, 11) is 1.57. The summed E-state index contributed by atoms with van der Waals surface area (Å²) in [5, 5.41) is 15.6. The van der Waals surface area contributed by atoms with Crippen molar-refractivity contribution in [1.29, 1.82) is 0 Å². The average Bonchev–Trinajstić information content (AvgIpc) is 3.03. The quantitative estimate of drug-likeness (QED) is 0.538. The highest BCUT2D eigenvalue weighted by Gasteiger charge is 2.55. The minimum absolute atomic E-state index is 0.0250. The zero-order chi connectivity index (χ0) is 23.4. The van der Waals surface area contributed by atoms with Gasteiger partial charge in [0.15, 0.2) is 5.82 Å². The molecule has 0 saturated carbocycles. The van der Waals surface area contributed by atoms with E-state index in [1.165, 1.54) is 27.8 Å². The third kappa shape index (κ3) is 3.55. The van der Waals surface area contributed by atoms with Crippen LogP contribution < -0.4 is 10.2 Å². The van der Waals surface area contributed by atoms with Crippen molar-refractivity contribution in [3.8, 4) is 0 Å². The van der Waals surface area contributed by atoms with Crippen molar-refractivity contribution in [3.63, 3.8) is 0 Å². The molecule has 0 spiro atoms. The van der Waals surface area contributed by atoms with Gasteiger partial charge in [0.05, 0.1) is 18.0 Å². The SMILES string of the molecule is Cn1nc(N2CCC(=O)NC2=O)c2ccc(C3CCN(C(F)(F)C(=O)O)CC3(F)F)cc21. The molecular formula is C19H19F4N5O4. The monoisotopic (exact) mass is 457 g/mol. The molecule has 0 radical (unpaired) electrons. The molecule has 1 unspecified atom stereocenters. The van der Waals surface area contributed by atoms with Crippen molar-refractivity contribution in [3.05, 3.63) is 23.8 Å². The number of urea groups is 1. The van der Waals surface area contributed by atoms with E-state index in [0.29, 0.717) is 10.9 Å². The van der Waals surface area contributed by atoms with Gasteiger partial charge in [0.1, 0.15) is 0 Å². The first kappa shape index (κ1) is 22.0. The number of anilines is 1. The van der Waals surface area contributed by atoms with E-state index in [0.717, 1.165) is 0 Å². The fraction of sp³-hybridized carbons (Fsp3) is 0.474. The van der Waals surface area contributed by atoms with Crippen LogP contribution >= 0.6 is 0 Å². The number of halogens is 4. The molecule has 13 heteroatoms. The number of hydrogen-bond acceptors (Lipinski definition) is 5. The first-order chi connectivity index (χ1) is 14.9. The zero-order valence-electron chi connectivity index (χ0n) is 16.8. The molecule has 0 bridgehead atoms. The van der Waals surface area contributed by atoms with E-state index in [1.807, 2.05) is 0 Å². The molecule has 0 aliphatic carbocycles. The maximum absolute atomic E-state index is 14.8. The first-order valence-corrected chi connectivity index (χ1v) is 9.74. The number of hydrogen-bond donors (Lipinski definition) is 2. The highest BCUT2D eigenvalue weighted by Crippen LogP contribution is 2.43. The van der Waals surface area contributed by atoms with Gasteiger partial charge >= 0.3 is 18.0 Å². The van der Waals surface area contributed by atoms with Crippen molar-refractivity contribution >= 4 is 34.6 Å². The van der Waals surface area contributed by atoms with Crippen LogP contribution in [0.15, 0.2) is 18.2 Å². The molecule has 3 amide bonds. The number of aliphatic carboxylic acids is 1. The Balaban J connectivity index is 1.64. The van der Waals surface area contributed by atoms with Gasteiger partial charge in [-0.25, -0.2) is 23.3 Å². The Morgan fingerprint density at radius 2 is 2.00 bits per heavy atom. The number of nitrogens with one attached hydrogen (secondary N) is 1. The fourth-order valence-electron chi connectivity index (χ4n) is 4.16. The van der Waals surface area contributed by atoms with Gasteiger partial charge in [0, 0.05) is 31.9 Å². The van der Waals surface area contributed by atoms with Gasteiger partial charge in [-0.15, -0.1) is 0 Å². The number of imide groups is 1. The number of carboxylic acids is 1. The van der Waals surface area contributed by atoms with Crippen LogP contribution in [0.5, 0.6) is 0 Å². The molecule has 9 nitrogen and oxygen atoms in total. The van der Waals surface area contributed by atoms with Crippen molar-refractivity contribution in [2.75, 3.05) is 24.5 Å². The molecule has 4 rings (SSSR count). The molecule has 172 valence electrons. The molecule has 1 aromatic heterocycles. The summed E-state index contributed by atoms with van der Waals surface area (Å²) in [6.07, 6.45) is -0.281. The number of likely N-dealkylation sites (tertiary alicyclic amines) is 1. The van der Waals surface area contributed by atoms with Gasteiger partial charge < -0.3 is 5.11 Å². The number of carboxylic acid groups (broad SMARTS) is 1. The Kier molecular flexibility index (Phi) is 5.11. The topological polar surface area (TPSA) is 108 Å². The Hall–Kier alpha value is -3.22. The predicted octanol–water partition coefficient (Wildman–Crippen LogP) is 2.12. The summed E-state index contributed by atoms with van der Waals surface area (Å²) in [5.41, 5.74) is 0.630. The number of nitrogens with zero attached hydrogens (tertiary/aromatic N) is 4. The van der Waals surface area contributed by atoms with Crippen molar-refractivity contribution < 1.29 is 37.1 Å². The molecule has 2 saturated heterocycles. The molecule has 1 aromatic carbocycles. The lowest BCUT2D eigenvalue weighted by molar-refractivity contribution is -0.218. The molecule has 2 fully saturated rings. The molecule has 32 heavy (non-hydrogen) atoms. The molecule has 3 heterocycles. The van der Waals surface area contributed by atoms with E-state index in [2.05, 4.69) is 10.4 Å². The summed E-state index contributed by atoms with van der Waals surface area (Å²) in [6, 6.07) is -0.618. The van der Waals surface area contributed by atoms with E-state index >= 15 is 0 Å². The lowest BCUT2D eigenvalue weighted by atomic mass is 9.85. The summed E-state index contributed by atoms with van der Waals surface area (Å²) in [5.74, 6) is -7.61.